The molecule has 3 aliphatic heterocycles. The van der Waals surface area contributed by atoms with E-state index in [9.17, 15) is 13.6 Å². The zero-order valence-corrected chi connectivity index (χ0v) is 13.6. The highest BCUT2D eigenvalue weighted by molar-refractivity contribution is 5.96. The van der Waals surface area contributed by atoms with Gasteiger partial charge >= 0.3 is 0 Å². The van der Waals surface area contributed by atoms with E-state index in [1.54, 1.807) is 4.90 Å². The first-order valence-electron chi connectivity index (χ1n) is 8.64. The first-order valence-corrected chi connectivity index (χ1v) is 8.64. The Hall–Kier alpha value is -1.53. The molecule has 1 aromatic rings. The van der Waals surface area contributed by atoms with Crippen molar-refractivity contribution in [2.45, 2.75) is 31.7 Å². The lowest BCUT2D eigenvalue weighted by molar-refractivity contribution is -0.117. The van der Waals surface area contributed by atoms with Gasteiger partial charge in [-0.1, -0.05) is 0 Å². The molecule has 24 heavy (non-hydrogen) atoms. The maximum absolute atomic E-state index is 13.5. The summed E-state index contributed by atoms with van der Waals surface area (Å²) in [5.74, 6) is -1.78. The number of halogens is 2. The number of benzene rings is 1. The third-order valence-electron chi connectivity index (χ3n) is 5.71. The molecule has 130 valence electrons. The molecule has 1 spiro atoms. The molecule has 0 N–H and O–H groups in total. The summed E-state index contributed by atoms with van der Waals surface area (Å²) in [5, 5.41) is 0. The van der Waals surface area contributed by atoms with Gasteiger partial charge in [-0.15, -0.1) is 0 Å². The number of hydrogen-bond acceptors (Lipinski definition) is 3. The number of amides is 1. The number of hydrogen-bond donors (Lipinski definition) is 0. The molecule has 0 aliphatic carbocycles. The van der Waals surface area contributed by atoms with Crippen molar-refractivity contribution in [2.24, 2.45) is 5.41 Å². The van der Waals surface area contributed by atoms with Gasteiger partial charge in [0.25, 0.3) is 0 Å². The van der Waals surface area contributed by atoms with Gasteiger partial charge in [-0.05, 0) is 37.9 Å². The van der Waals surface area contributed by atoms with E-state index >= 15 is 0 Å². The van der Waals surface area contributed by atoms with Crippen molar-refractivity contribution in [3.05, 3.63) is 29.8 Å². The van der Waals surface area contributed by atoms with E-state index in [4.69, 9.17) is 4.74 Å². The van der Waals surface area contributed by atoms with Crippen LogP contribution in [0, 0.1) is 17.0 Å². The summed E-state index contributed by atoms with van der Waals surface area (Å²) in [4.78, 5) is 16.6. The Morgan fingerprint density at radius 2 is 1.92 bits per heavy atom. The minimum Gasteiger partial charge on any atom is -0.381 e. The lowest BCUT2D eigenvalue weighted by Gasteiger charge is -2.32. The van der Waals surface area contributed by atoms with Crippen LogP contribution in [0.25, 0.3) is 0 Å². The van der Waals surface area contributed by atoms with Crippen LogP contribution in [0.2, 0.25) is 0 Å². The van der Waals surface area contributed by atoms with Gasteiger partial charge in [0.05, 0.1) is 0 Å². The van der Waals surface area contributed by atoms with Gasteiger partial charge < -0.3 is 9.64 Å². The van der Waals surface area contributed by atoms with Gasteiger partial charge in [-0.3, -0.25) is 9.69 Å². The molecule has 1 atom stereocenters. The summed E-state index contributed by atoms with van der Waals surface area (Å²) < 4.78 is 32.1. The van der Waals surface area contributed by atoms with Crippen LogP contribution in [0.15, 0.2) is 18.2 Å². The monoisotopic (exact) mass is 336 g/mol. The van der Waals surface area contributed by atoms with Crippen LogP contribution >= 0.6 is 0 Å². The third-order valence-corrected chi connectivity index (χ3v) is 5.71. The Morgan fingerprint density at radius 1 is 1.12 bits per heavy atom. The maximum atomic E-state index is 13.5. The summed E-state index contributed by atoms with van der Waals surface area (Å²) in [6.07, 6.45) is 3.58. The molecule has 3 aliphatic rings. The SMILES string of the molecule is O=C1C[C@]2(CCN(C3CCOCC3)C2)CN1c1ccc(F)c(F)c1. The minimum absolute atomic E-state index is 0.00911. The molecule has 1 aromatic carbocycles. The van der Waals surface area contributed by atoms with E-state index < -0.39 is 11.6 Å². The topological polar surface area (TPSA) is 32.8 Å². The van der Waals surface area contributed by atoms with Crippen LogP contribution in [0.3, 0.4) is 0 Å². The zero-order valence-electron chi connectivity index (χ0n) is 13.6. The molecule has 0 radical (unpaired) electrons. The van der Waals surface area contributed by atoms with Crippen molar-refractivity contribution in [1.29, 1.82) is 0 Å². The average molecular weight is 336 g/mol. The molecule has 0 unspecified atom stereocenters. The molecule has 1 amide bonds. The smallest absolute Gasteiger partial charge is 0.227 e. The average Bonchev–Trinajstić information content (AvgIpc) is 3.14. The van der Waals surface area contributed by atoms with E-state index in [1.165, 1.54) is 6.07 Å². The fourth-order valence-corrected chi connectivity index (χ4v) is 4.39. The minimum atomic E-state index is -0.906. The largest absolute Gasteiger partial charge is 0.381 e. The Kier molecular flexibility index (Phi) is 4.04. The number of ether oxygens (including phenoxy) is 1. The summed E-state index contributed by atoms with van der Waals surface area (Å²) in [6, 6.07) is 4.25. The predicted octanol–water partition coefficient (Wildman–Crippen LogP) is 2.57. The number of carbonyl (C=O) groups excluding carboxylic acids is 1. The first kappa shape index (κ1) is 16.0. The summed E-state index contributed by atoms with van der Waals surface area (Å²) >= 11 is 0. The van der Waals surface area contributed by atoms with Gasteiger partial charge in [0.1, 0.15) is 0 Å². The van der Waals surface area contributed by atoms with Crippen molar-refractivity contribution in [2.75, 3.05) is 37.7 Å². The van der Waals surface area contributed by atoms with E-state index in [2.05, 4.69) is 4.90 Å². The summed E-state index contributed by atoms with van der Waals surface area (Å²) in [5.41, 5.74) is 0.403. The van der Waals surface area contributed by atoms with E-state index in [1.807, 2.05) is 0 Å². The Balaban J connectivity index is 1.48. The molecular weight excluding hydrogens is 314 g/mol. The molecule has 4 rings (SSSR count). The second-order valence-corrected chi connectivity index (χ2v) is 7.32. The van der Waals surface area contributed by atoms with Crippen molar-refractivity contribution < 1.29 is 18.3 Å². The Labute approximate surface area is 140 Å². The van der Waals surface area contributed by atoms with Crippen LogP contribution in [-0.4, -0.2) is 49.7 Å². The zero-order chi connectivity index (χ0) is 16.7. The van der Waals surface area contributed by atoms with Crippen LogP contribution < -0.4 is 4.90 Å². The number of nitrogens with zero attached hydrogens (tertiary/aromatic N) is 2. The normalized spacial score (nSPS) is 29.1. The molecular formula is C18H22F2N2O2. The second-order valence-electron chi connectivity index (χ2n) is 7.32. The number of carbonyl (C=O) groups is 1. The highest BCUT2D eigenvalue weighted by Gasteiger charge is 2.48. The maximum Gasteiger partial charge on any atom is 0.227 e. The quantitative estimate of drug-likeness (QED) is 0.832. The molecule has 4 nitrogen and oxygen atoms in total. The van der Waals surface area contributed by atoms with Gasteiger partial charge in [0.15, 0.2) is 11.6 Å². The summed E-state index contributed by atoms with van der Waals surface area (Å²) in [6.45, 7) is 4.13. The number of anilines is 1. The molecule has 0 saturated carbocycles. The van der Waals surface area contributed by atoms with Crippen LogP contribution in [0.1, 0.15) is 25.7 Å². The van der Waals surface area contributed by atoms with Crippen LogP contribution in [0.5, 0.6) is 0 Å². The number of rotatable bonds is 2. The molecule has 3 heterocycles. The molecule has 3 fully saturated rings. The highest BCUT2D eigenvalue weighted by atomic mass is 19.2. The fraction of sp³-hybridized carbons (Fsp3) is 0.611. The van der Waals surface area contributed by atoms with E-state index in [0.717, 1.165) is 57.7 Å². The van der Waals surface area contributed by atoms with E-state index in [0.29, 0.717) is 24.7 Å². The van der Waals surface area contributed by atoms with Crippen molar-refractivity contribution in [3.63, 3.8) is 0 Å². The molecule has 0 bridgehead atoms. The predicted molar refractivity (Wildman–Crippen MR) is 85.8 cm³/mol. The van der Waals surface area contributed by atoms with Crippen molar-refractivity contribution in [1.82, 2.24) is 4.90 Å². The second kappa shape index (κ2) is 6.08. The standard InChI is InChI=1S/C18H22F2N2O2/c19-15-2-1-14(9-16(15)20)22-12-18(10-17(22)23)5-6-21(11-18)13-3-7-24-8-4-13/h1-2,9,13H,3-8,10-12H2/t18-/m0/s1. The Morgan fingerprint density at radius 3 is 2.67 bits per heavy atom. The number of likely N-dealkylation sites (tertiary alicyclic amines) is 1. The van der Waals surface area contributed by atoms with Crippen LogP contribution in [0.4, 0.5) is 14.5 Å². The third kappa shape index (κ3) is 2.82. The van der Waals surface area contributed by atoms with E-state index in [-0.39, 0.29) is 11.3 Å². The van der Waals surface area contributed by atoms with Crippen molar-refractivity contribution in [3.8, 4) is 0 Å². The van der Waals surface area contributed by atoms with Gasteiger partial charge in [-0.25, -0.2) is 8.78 Å². The van der Waals surface area contributed by atoms with Gasteiger partial charge in [-0.2, -0.15) is 0 Å². The lowest BCUT2D eigenvalue weighted by Crippen LogP contribution is -2.40. The van der Waals surface area contributed by atoms with Crippen molar-refractivity contribution >= 4 is 11.6 Å². The summed E-state index contributed by atoms with van der Waals surface area (Å²) in [7, 11) is 0. The molecule has 6 heteroatoms. The molecule has 3 saturated heterocycles. The molecule has 0 aromatic heterocycles. The first-order chi connectivity index (χ1) is 11.6. The fourth-order valence-electron chi connectivity index (χ4n) is 4.39. The van der Waals surface area contributed by atoms with Crippen LogP contribution in [-0.2, 0) is 9.53 Å². The van der Waals surface area contributed by atoms with Gasteiger partial charge in [0, 0.05) is 55.9 Å². The van der Waals surface area contributed by atoms with Gasteiger partial charge in [0.2, 0.25) is 5.91 Å². The Bertz CT molecular complexity index is 648. The highest BCUT2D eigenvalue weighted by Crippen LogP contribution is 2.43. The lowest BCUT2D eigenvalue weighted by atomic mass is 9.86.